The fraction of sp³-hybridized carbons (Fsp3) is 0.714. The van der Waals surface area contributed by atoms with Crippen LogP contribution in [0.1, 0.15) is 149 Å². The van der Waals surface area contributed by atoms with E-state index in [0.29, 0.717) is 19.3 Å². The van der Waals surface area contributed by atoms with Crippen molar-refractivity contribution in [2.75, 3.05) is 26.4 Å². The highest BCUT2D eigenvalue weighted by molar-refractivity contribution is 7.47. The molecule has 4 atom stereocenters. The third-order valence-electron chi connectivity index (χ3n) is 8.53. The molecule has 0 aliphatic rings. The van der Waals surface area contributed by atoms with Crippen molar-refractivity contribution < 1.29 is 66.7 Å². The highest BCUT2D eigenvalue weighted by atomic mass is 31.2. The van der Waals surface area contributed by atoms with Crippen LogP contribution >= 0.6 is 15.6 Å². The molecule has 0 aliphatic carbocycles. The van der Waals surface area contributed by atoms with Crippen molar-refractivity contribution in [1.82, 2.24) is 0 Å². The molecule has 0 saturated heterocycles. The first-order valence-electron chi connectivity index (χ1n) is 21.1. The van der Waals surface area contributed by atoms with Crippen molar-refractivity contribution in [3.8, 4) is 0 Å². The van der Waals surface area contributed by atoms with E-state index in [2.05, 4.69) is 64.6 Å². The van der Waals surface area contributed by atoms with Crippen LogP contribution in [0.15, 0.2) is 60.8 Å². The maximum absolute atomic E-state index is 12.6. The lowest BCUT2D eigenvalue weighted by atomic mass is 10.1. The number of allylic oxidation sites excluding steroid dienone is 10. The minimum Gasteiger partial charge on any atom is -0.462 e. The molecule has 0 fully saturated rings. The molecule has 0 aromatic rings. The van der Waals surface area contributed by atoms with E-state index in [1.165, 1.54) is 25.7 Å². The summed E-state index contributed by atoms with van der Waals surface area (Å²) in [5.41, 5.74) is 0. The zero-order chi connectivity index (χ0) is 43.2. The van der Waals surface area contributed by atoms with Gasteiger partial charge in [0.1, 0.15) is 12.7 Å². The molecule has 0 saturated carbocycles. The fourth-order valence-electron chi connectivity index (χ4n) is 5.14. The molecule has 0 aromatic carbocycles. The summed E-state index contributed by atoms with van der Waals surface area (Å²) in [5, 5.41) is 19.3. The highest BCUT2D eigenvalue weighted by Gasteiger charge is 2.28. The van der Waals surface area contributed by atoms with E-state index in [0.717, 1.165) is 77.0 Å². The topological polar surface area (TPSA) is 216 Å². The molecule has 0 rings (SSSR count). The fourth-order valence-corrected chi connectivity index (χ4v) is 6.29. The number of phosphoric acid groups is 2. The van der Waals surface area contributed by atoms with E-state index in [1.54, 1.807) is 0 Å². The highest BCUT2D eigenvalue weighted by Crippen LogP contribution is 2.43. The molecule has 0 radical (unpaired) electrons. The second kappa shape index (κ2) is 37.8. The second-order valence-corrected chi connectivity index (χ2v) is 16.7. The Balaban J connectivity index is 4.65. The Kier molecular flexibility index (Phi) is 36.3. The summed E-state index contributed by atoms with van der Waals surface area (Å²) in [6.45, 7) is 1.37. The normalized spacial score (nSPS) is 15.2. The molecule has 1 unspecified atom stereocenters. The van der Waals surface area contributed by atoms with E-state index in [9.17, 15) is 33.8 Å². The molecule has 0 bridgehead atoms. The predicted molar refractivity (Wildman–Crippen MR) is 227 cm³/mol. The van der Waals surface area contributed by atoms with Crippen LogP contribution in [0.25, 0.3) is 0 Å². The van der Waals surface area contributed by atoms with Gasteiger partial charge in [-0.3, -0.25) is 23.2 Å². The maximum Gasteiger partial charge on any atom is 0.472 e. The van der Waals surface area contributed by atoms with Gasteiger partial charge in [-0.15, -0.1) is 0 Å². The number of esters is 2. The van der Waals surface area contributed by atoms with Crippen molar-refractivity contribution in [3.63, 3.8) is 0 Å². The van der Waals surface area contributed by atoms with Gasteiger partial charge in [-0.25, -0.2) is 9.13 Å². The smallest absolute Gasteiger partial charge is 0.462 e. The molecule has 58 heavy (non-hydrogen) atoms. The van der Waals surface area contributed by atoms with Crippen LogP contribution in [0.3, 0.4) is 0 Å². The number of carbonyl (C=O) groups is 2. The van der Waals surface area contributed by atoms with Crippen LogP contribution in [0, 0.1) is 0 Å². The monoisotopic (exact) mass is 864 g/mol. The molecule has 336 valence electrons. The number of ether oxygens (including phenoxy) is 2. The van der Waals surface area contributed by atoms with Crippen molar-refractivity contribution in [3.05, 3.63) is 60.8 Å². The Morgan fingerprint density at radius 1 is 0.534 bits per heavy atom. The van der Waals surface area contributed by atoms with Gasteiger partial charge in [0.2, 0.25) is 0 Å². The lowest BCUT2D eigenvalue weighted by Gasteiger charge is -2.20. The van der Waals surface area contributed by atoms with Gasteiger partial charge in [0, 0.05) is 12.8 Å². The third-order valence-corrected chi connectivity index (χ3v) is 9.97. The van der Waals surface area contributed by atoms with E-state index in [-0.39, 0.29) is 18.9 Å². The number of unbranched alkanes of at least 4 members (excludes halogenated alkanes) is 10. The molecule has 0 heterocycles. The molecule has 5 N–H and O–H groups in total. The number of hydrogen-bond donors (Lipinski definition) is 5. The van der Waals surface area contributed by atoms with Gasteiger partial charge >= 0.3 is 27.6 Å². The van der Waals surface area contributed by atoms with Gasteiger partial charge in [0.15, 0.2) is 6.10 Å². The average molecular weight is 865 g/mol. The summed E-state index contributed by atoms with van der Waals surface area (Å²) in [6, 6.07) is 0. The first-order valence-corrected chi connectivity index (χ1v) is 24.1. The Labute approximate surface area is 347 Å². The summed E-state index contributed by atoms with van der Waals surface area (Å²) in [7, 11) is -9.70. The Bertz CT molecular complexity index is 1280. The second-order valence-electron chi connectivity index (χ2n) is 14.0. The van der Waals surface area contributed by atoms with Gasteiger partial charge < -0.3 is 34.4 Å². The molecular formula is C42H74O14P2. The minimum absolute atomic E-state index is 0.100. The maximum atomic E-state index is 12.6. The number of phosphoric ester groups is 2. The van der Waals surface area contributed by atoms with Crippen LogP contribution in [-0.4, -0.2) is 81.6 Å². The quantitative estimate of drug-likeness (QED) is 0.0168. The molecule has 0 amide bonds. The molecular weight excluding hydrogens is 790 g/mol. The molecule has 0 aromatic heterocycles. The van der Waals surface area contributed by atoms with Crippen molar-refractivity contribution in [2.24, 2.45) is 0 Å². The number of hydrogen-bond acceptors (Lipinski definition) is 11. The van der Waals surface area contributed by atoms with Gasteiger partial charge in [-0.05, 0) is 83.5 Å². The standard InChI is InChI=1S/C42H74O14P2/c1-3-5-6-7-8-9-10-13-18-21-24-27-30-33-42(46)56-40(37-55-58(50,51)54-35-39(44)34-53-57(47,48)49)36-52-41(45)32-29-26-23-20-17-15-12-11-14-16-19-22-25-28-31-38(43)4-2/h9-10,12,14-16,20,22-23,25,38-40,43-44H,3-8,11,13,17-19,21,24,26-37H2,1-2H3,(H,50,51)(H2,47,48,49)/b10-9-,15-12-,16-14-,23-20-,25-22-/t38-,39-,40+/m0/s1. The predicted octanol–water partition coefficient (Wildman–Crippen LogP) is 9.42. The van der Waals surface area contributed by atoms with E-state index in [1.807, 2.05) is 19.1 Å². The van der Waals surface area contributed by atoms with Crippen LogP contribution in [0.2, 0.25) is 0 Å². The lowest BCUT2D eigenvalue weighted by molar-refractivity contribution is -0.161. The molecule has 0 spiro atoms. The Morgan fingerprint density at radius 3 is 1.62 bits per heavy atom. The van der Waals surface area contributed by atoms with Crippen LogP contribution in [0.4, 0.5) is 0 Å². The van der Waals surface area contributed by atoms with Crippen LogP contribution in [-0.2, 0) is 41.8 Å². The van der Waals surface area contributed by atoms with Gasteiger partial charge in [0.05, 0.1) is 25.9 Å². The van der Waals surface area contributed by atoms with Crippen LogP contribution in [0.5, 0.6) is 0 Å². The van der Waals surface area contributed by atoms with E-state index < -0.39 is 66.2 Å². The van der Waals surface area contributed by atoms with Crippen molar-refractivity contribution in [2.45, 2.75) is 167 Å². The SMILES string of the molecule is CCCCCC/C=C\CCCCCCCC(=O)O[C@H](COC(=O)CCC/C=C\C/C=C\C/C=C\C/C=C\CC[C@@H](O)CC)COP(=O)(O)OC[C@@H](O)COP(=O)(O)O. The summed E-state index contributed by atoms with van der Waals surface area (Å²) in [4.78, 5) is 52.6. The number of aliphatic hydroxyl groups excluding tert-OH is 2. The average Bonchev–Trinajstić information content (AvgIpc) is 3.18. The van der Waals surface area contributed by atoms with Gasteiger partial charge in [-0.2, -0.15) is 0 Å². The third kappa shape index (κ3) is 40.6. The lowest BCUT2D eigenvalue weighted by Crippen LogP contribution is -2.30. The first-order chi connectivity index (χ1) is 27.8. The Hall–Kier alpha value is -2.22. The van der Waals surface area contributed by atoms with Gasteiger partial charge in [0.25, 0.3) is 0 Å². The first kappa shape index (κ1) is 55.8. The number of carbonyl (C=O) groups excluding carboxylic acids is 2. The van der Waals surface area contributed by atoms with E-state index in [4.69, 9.17) is 23.8 Å². The van der Waals surface area contributed by atoms with Gasteiger partial charge in [-0.1, -0.05) is 113 Å². The zero-order valence-corrected chi connectivity index (χ0v) is 36.8. The van der Waals surface area contributed by atoms with Crippen molar-refractivity contribution >= 4 is 27.6 Å². The molecule has 16 heteroatoms. The number of rotatable bonds is 39. The summed E-state index contributed by atoms with van der Waals surface area (Å²) in [5.74, 6) is -1.13. The minimum atomic E-state index is -4.87. The molecule has 0 aliphatic heterocycles. The number of aliphatic hydroxyl groups is 2. The zero-order valence-electron chi connectivity index (χ0n) is 35.0. The van der Waals surface area contributed by atoms with Crippen molar-refractivity contribution in [1.29, 1.82) is 0 Å². The van der Waals surface area contributed by atoms with Crippen LogP contribution < -0.4 is 0 Å². The Morgan fingerprint density at radius 2 is 1.02 bits per heavy atom. The van der Waals surface area contributed by atoms with E-state index >= 15 is 0 Å². The largest absolute Gasteiger partial charge is 0.472 e. The molecule has 14 nitrogen and oxygen atoms in total. The summed E-state index contributed by atoms with van der Waals surface area (Å²) >= 11 is 0. The summed E-state index contributed by atoms with van der Waals surface area (Å²) in [6.07, 6.45) is 35.9. The summed E-state index contributed by atoms with van der Waals surface area (Å²) < 4.78 is 47.6.